The average molecular weight is 283 g/mol. The summed E-state index contributed by atoms with van der Waals surface area (Å²) in [4.78, 5) is 14.4. The summed E-state index contributed by atoms with van der Waals surface area (Å²) in [5.74, 6) is 0.708. The third-order valence-electron chi connectivity index (χ3n) is 2.47. The van der Waals surface area contributed by atoms with Crippen LogP contribution in [-0.2, 0) is 13.2 Å². The van der Waals surface area contributed by atoms with E-state index in [1.807, 2.05) is 6.92 Å². The van der Waals surface area contributed by atoms with Gasteiger partial charge in [0.1, 0.15) is 12.9 Å². The van der Waals surface area contributed by atoms with Crippen molar-refractivity contribution in [3.05, 3.63) is 45.5 Å². The molecule has 0 amide bonds. The Hall–Kier alpha value is -2.15. The fraction of sp³-hybridized carbons (Fsp3) is 0.273. The van der Waals surface area contributed by atoms with Gasteiger partial charge in [-0.2, -0.15) is 5.10 Å². The minimum atomic E-state index is -0.518. The summed E-state index contributed by atoms with van der Waals surface area (Å²) in [5, 5.41) is 15.2. The first-order chi connectivity index (χ1) is 9.11. The van der Waals surface area contributed by atoms with Crippen molar-refractivity contribution in [2.24, 2.45) is 0 Å². The molecule has 1 aromatic carbocycles. The first-order valence-corrected chi connectivity index (χ1v) is 5.93. The quantitative estimate of drug-likeness (QED) is 0.621. The van der Waals surface area contributed by atoms with Crippen LogP contribution in [0.3, 0.4) is 0 Å². The van der Waals surface area contributed by atoms with Crippen LogP contribution in [0.4, 0.5) is 5.69 Å². The highest BCUT2D eigenvalue weighted by Gasteiger charge is 2.16. The number of rotatable bonds is 5. The van der Waals surface area contributed by atoms with Crippen LogP contribution in [0.25, 0.3) is 0 Å². The lowest BCUT2D eigenvalue weighted by molar-refractivity contribution is -0.385. The van der Waals surface area contributed by atoms with Gasteiger partial charge in [0.15, 0.2) is 11.6 Å². The summed E-state index contributed by atoms with van der Waals surface area (Å²) in [7, 11) is 0. The molecule has 8 heteroatoms. The lowest BCUT2D eigenvalue weighted by Gasteiger charge is -2.07. The number of ether oxygens (including phenoxy) is 1. The molecular weight excluding hydrogens is 272 g/mol. The third kappa shape index (κ3) is 3.00. The minimum Gasteiger partial charge on any atom is -0.479 e. The second kappa shape index (κ2) is 5.66. The van der Waals surface area contributed by atoms with Crippen molar-refractivity contribution in [3.8, 4) is 5.75 Å². The van der Waals surface area contributed by atoms with E-state index in [0.717, 1.165) is 0 Å². The molecule has 0 bridgehead atoms. The lowest BCUT2D eigenvalue weighted by Crippen LogP contribution is -2.08. The smallest absolute Gasteiger partial charge is 0.311 e. The average Bonchev–Trinajstić information content (AvgIpc) is 2.83. The maximum absolute atomic E-state index is 10.9. The van der Waals surface area contributed by atoms with E-state index in [4.69, 9.17) is 16.3 Å². The van der Waals surface area contributed by atoms with Gasteiger partial charge in [0, 0.05) is 23.7 Å². The van der Waals surface area contributed by atoms with Gasteiger partial charge in [-0.1, -0.05) is 11.6 Å². The predicted molar refractivity (Wildman–Crippen MR) is 68.1 cm³/mol. The second-order valence-electron chi connectivity index (χ2n) is 3.65. The van der Waals surface area contributed by atoms with Crippen molar-refractivity contribution >= 4 is 17.3 Å². The molecule has 0 saturated heterocycles. The number of hydrogen-bond donors (Lipinski definition) is 0. The summed E-state index contributed by atoms with van der Waals surface area (Å²) in [6.07, 6.45) is 1.41. The monoisotopic (exact) mass is 282 g/mol. The molecule has 0 atom stereocenters. The molecule has 19 heavy (non-hydrogen) atoms. The van der Waals surface area contributed by atoms with Crippen LogP contribution in [0.1, 0.15) is 12.7 Å². The molecule has 2 aromatic rings. The maximum atomic E-state index is 10.9. The number of nitro benzene ring substituents is 1. The number of aromatic nitrogens is 3. The van der Waals surface area contributed by atoms with Crippen LogP contribution in [-0.4, -0.2) is 19.7 Å². The largest absolute Gasteiger partial charge is 0.479 e. The van der Waals surface area contributed by atoms with Gasteiger partial charge in [-0.25, -0.2) is 9.67 Å². The molecule has 0 radical (unpaired) electrons. The number of nitrogens with zero attached hydrogens (tertiary/aromatic N) is 4. The Morgan fingerprint density at radius 2 is 2.32 bits per heavy atom. The molecular formula is C11H11ClN4O3. The highest BCUT2D eigenvalue weighted by atomic mass is 35.5. The number of halogens is 1. The van der Waals surface area contributed by atoms with E-state index in [1.165, 1.54) is 24.5 Å². The third-order valence-corrected chi connectivity index (χ3v) is 2.71. The Balaban J connectivity index is 2.19. The Bertz CT molecular complexity index is 599. The second-order valence-corrected chi connectivity index (χ2v) is 4.09. The molecule has 2 rings (SSSR count). The highest BCUT2D eigenvalue weighted by Crippen LogP contribution is 2.30. The van der Waals surface area contributed by atoms with Crippen LogP contribution in [0.2, 0.25) is 5.02 Å². The molecule has 0 aliphatic rings. The van der Waals surface area contributed by atoms with Gasteiger partial charge in [0.25, 0.3) is 0 Å². The molecule has 1 heterocycles. The van der Waals surface area contributed by atoms with Gasteiger partial charge in [-0.15, -0.1) is 0 Å². The van der Waals surface area contributed by atoms with Crippen molar-refractivity contribution in [2.75, 3.05) is 0 Å². The van der Waals surface area contributed by atoms with Crippen LogP contribution in [0, 0.1) is 10.1 Å². The van der Waals surface area contributed by atoms with Crippen LogP contribution in [0.15, 0.2) is 24.5 Å². The standard InChI is InChI=1S/C11H11ClN4O3/c1-2-15-11(13-7-14-15)6-19-10-5-8(12)3-4-9(10)16(17)18/h3-5,7H,2,6H2,1H3. The van der Waals surface area contributed by atoms with E-state index in [0.29, 0.717) is 17.4 Å². The summed E-state index contributed by atoms with van der Waals surface area (Å²) < 4.78 is 7.07. The molecule has 0 fully saturated rings. The topological polar surface area (TPSA) is 83.1 Å². The van der Waals surface area contributed by atoms with Gasteiger partial charge in [-0.05, 0) is 13.0 Å². The number of aryl methyl sites for hydroxylation is 1. The van der Waals surface area contributed by atoms with Crippen molar-refractivity contribution < 1.29 is 9.66 Å². The Morgan fingerprint density at radius 1 is 1.53 bits per heavy atom. The molecule has 0 unspecified atom stereocenters. The first-order valence-electron chi connectivity index (χ1n) is 5.55. The Morgan fingerprint density at radius 3 is 3.00 bits per heavy atom. The summed E-state index contributed by atoms with van der Waals surface area (Å²) >= 11 is 5.80. The van der Waals surface area contributed by atoms with E-state index in [9.17, 15) is 10.1 Å². The molecule has 0 N–H and O–H groups in total. The van der Waals surface area contributed by atoms with Crippen molar-refractivity contribution in [1.82, 2.24) is 14.8 Å². The summed E-state index contributed by atoms with van der Waals surface area (Å²) in [5.41, 5.74) is -0.132. The van der Waals surface area contributed by atoms with Gasteiger partial charge >= 0.3 is 5.69 Å². The van der Waals surface area contributed by atoms with E-state index in [2.05, 4.69) is 10.1 Å². The normalized spacial score (nSPS) is 10.4. The van der Waals surface area contributed by atoms with Gasteiger partial charge in [-0.3, -0.25) is 10.1 Å². The van der Waals surface area contributed by atoms with Crippen molar-refractivity contribution in [2.45, 2.75) is 20.1 Å². The number of nitro groups is 1. The molecule has 1 aromatic heterocycles. The van der Waals surface area contributed by atoms with Gasteiger partial charge in [0.2, 0.25) is 0 Å². The molecule has 0 aliphatic heterocycles. The van der Waals surface area contributed by atoms with E-state index < -0.39 is 4.92 Å². The molecule has 0 spiro atoms. The maximum Gasteiger partial charge on any atom is 0.311 e. The van der Waals surface area contributed by atoms with Crippen molar-refractivity contribution in [1.29, 1.82) is 0 Å². The molecule has 0 saturated carbocycles. The number of benzene rings is 1. The van der Waals surface area contributed by atoms with Gasteiger partial charge < -0.3 is 4.74 Å². The zero-order valence-electron chi connectivity index (χ0n) is 10.1. The predicted octanol–water partition coefficient (Wildman–Crippen LogP) is 2.44. The molecule has 0 aliphatic carbocycles. The van der Waals surface area contributed by atoms with E-state index in [1.54, 1.807) is 4.68 Å². The van der Waals surface area contributed by atoms with Crippen LogP contribution >= 0.6 is 11.6 Å². The van der Waals surface area contributed by atoms with E-state index >= 15 is 0 Å². The van der Waals surface area contributed by atoms with Crippen LogP contribution < -0.4 is 4.74 Å². The SMILES string of the molecule is CCn1ncnc1COc1cc(Cl)ccc1[N+](=O)[O-]. The Labute approximate surface area is 113 Å². The first kappa shape index (κ1) is 13.3. The fourth-order valence-electron chi connectivity index (χ4n) is 1.56. The number of hydrogen-bond acceptors (Lipinski definition) is 5. The zero-order chi connectivity index (χ0) is 13.8. The minimum absolute atomic E-state index is 0.0923. The molecule has 7 nitrogen and oxygen atoms in total. The fourth-order valence-corrected chi connectivity index (χ4v) is 1.72. The summed E-state index contributed by atoms with van der Waals surface area (Å²) in [6, 6.07) is 4.16. The molecule has 100 valence electrons. The zero-order valence-corrected chi connectivity index (χ0v) is 10.9. The van der Waals surface area contributed by atoms with Gasteiger partial charge in [0.05, 0.1) is 4.92 Å². The summed E-state index contributed by atoms with van der Waals surface area (Å²) in [6.45, 7) is 2.66. The Kier molecular flexibility index (Phi) is 3.96. The highest BCUT2D eigenvalue weighted by molar-refractivity contribution is 6.30. The lowest BCUT2D eigenvalue weighted by atomic mass is 10.3. The van der Waals surface area contributed by atoms with E-state index in [-0.39, 0.29) is 18.0 Å². The van der Waals surface area contributed by atoms with Crippen LogP contribution in [0.5, 0.6) is 5.75 Å². The van der Waals surface area contributed by atoms with Crippen molar-refractivity contribution in [3.63, 3.8) is 0 Å².